The van der Waals surface area contributed by atoms with Gasteiger partial charge in [-0.2, -0.15) is 0 Å². The minimum absolute atomic E-state index is 0.110. The second-order valence-electron chi connectivity index (χ2n) is 4.23. The molecular formula is C14H21F2N3. The van der Waals surface area contributed by atoms with Crippen molar-refractivity contribution in [2.45, 2.75) is 26.2 Å². The van der Waals surface area contributed by atoms with Crippen LogP contribution in [0.1, 0.15) is 25.3 Å². The third kappa shape index (κ3) is 5.24. The van der Waals surface area contributed by atoms with Crippen LogP contribution >= 0.6 is 0 Å². The van der Waals surface area contributed by atoms with Gasteiger partial charge in [0.05, 0.1) is 0 Å². The van der Waals surface area contributed by atoms with Gasteiger partial charge in [-0.1, -0.05) is 19.4 Å². The zero-order chi connectivity index (χ0) is 14.1. The predicted octanol–water partition coefficient (Wildman–Crippen LogP) is 2.47. The van der Waals surface area contributed by atoms with Crippen molar-refractivity contribution in [2.75, 3.05) is 20.1 Å². The molecule has 1 rings (SSSR count). The van der Waals surface area contributed by atoms with Gasteiger partial charge < -0.3 is 10.6 Å². The highest BCUT2D eigenvalue weighted by Crippen LogP contribution is 2.11. The van der Waals surface area contributed by atoms with Crippen molar-refractivity contribution in [3.63, 3.8) is 0 Å². The predicted molar refractivity (Wildman–Crippen MR) is 74.3 cm³/mol. The van der Waals surface area contributed by atoms with Crippen LogP contribution < -0.4 is 10.6 Å². The minimum atomic E-state index is -0.504. The highest BCUT2D eigenvalue weighted by molar-refractivity contribution is 5.79. The standard InChI is InChI=1S/C14H21F2N3/c1-3-4-9-18-14(17-2)19-10-8-11-12(15)6-5-7-13(11)16/h5-7H,3-4,8-10H2,1-2H3,(H2,17,18,19). The van der Waals surface area contributed by atoms with E-state index in [0.717, 1.165) is 19.4 Å². The quantitative estimate of drug-likeness (QED) is 0.473. The van der Waals surface area contributed by atoms with E-state index in [4.69, 9.17) is 0 Å². The maximum Gasteiger partial charge on any atom is 0.190 e. The van der Waals surface area contributed by atoms with Crippen LogP contribution in [-0.4, -0.2) is 26.1 Å². The first-order valence-electron chi connectivity index (χ1n) is 6.56. The lowest BCUT2D eigenvalue weighted by Crippen LogP contribution is -2.38. The maximum absolute atomic E-state index is 13.4. The molecule has 0 bridgehead atoms. The molecule has 0 atom stereocenters. The van der Waals surface area contributed by atoms with Crippen LogP contribution in [0.15, 0.2) is 23.2 Å². The molecule has 0 amide bonds. The van der Waals surface area contributed by atoms with E-state index in [0.29, 0.717) is 12.5 Å². The molecule has 0 spiro atoms. The topological polar surface area (TPSA) is 36.4 Å². The lowest BCUT2D eigenvalue weighted by Gasteiger charge is -2.12. The Morgan fingerprint density at radius 2 is 1.79 bits per heavy atom. The molecule has 5 heteroatoms. The average molecular weight is 269 g/mol. The Hall–Kier alpha value is -1.65. The first kappa shape index (κ1) is 15.4. The van der Waals surface area contributed by atoms with Crippen LogP contribution in [0.5, 0.6) is 0 Å². The fourth-order valence-electron chi connectivity index (χ4n) is 1.68. The van der Waals surface area contributed by atoms with E-state index < -0.39 is 11.6 Å². The van der Waals surface area contributed by atoms with E-state index in [-0.39, 0.29) is 12.0 Å². The van der Waals surface area contributed by atoms with Gasteiger partial charge in [-0.15, -0.1) is 0 Å². The van der Waals surface area contributed by atoms with E-state index in [1.165, 1.54) is 18.2 Å². The number of hydrogen-bond acceptors (Lipinski definition) is 1. The van der Waals surface area contributed by atoms with Crippen LogP contribution in [-0.2, 0) is 6.42 Å². The Kier molecular flexibility index (Phi) is 6.85. The molecule has 19 heavy (non-hydrogen) atoms. The molecule has 0 heterocycles. The van der Waals surface area contributed by atoms with Crippen molar-refractivity contribution in [3.8, 4) is 0 Å². The summed E-state index contributed by atoms with van der Waals surface area (Å²) in [6.45, 7) is 3.38. The molecule has 0 unspecified atom stereocenters. The van der Waals surface area contributed by atoms with Gasteiger partial charge in [0.15, 0.2) is 5.96 Å². The van der Waals surface area contributed by atoms with Crippen molar-refractivity contribution < 1.29 is 8.78 Å². The summed E-state index contributed by atoms with van der Waals surface area (Å²) in [6, 6.07) is 3.91. The molecule has 106 valence electrons. The monoisotopic (exact) mass is 269 g/mol. The van der Waals surface area contributed by atoms with Gasteiger partial charge in [0.25, 0.3) is 0 Å². The molecule has 0 aliphatic rings. The van der Waals surface area contributed by atoms with Crippen molar-refractivity contribution >= 4 is 5.96 Å². The fraction of sp³-hybridized carbons (Fsp3) is 0.500. The van der Waals surface area contributed by atoms with E-state index in [9.17, 15) is 8.78 Å². The van der Waals surface area contributed by atoms with Crippen LogP contribution in [0.2, 0.25) is 0 Å². The molecule has 0 saturated heterocycles. The summed E-state index contributed by atoms with van der Waals surface area (Å²) in [4.78, 5) is 4.04. The highest BCUT2D eigenvalue weighted by atomic mass is 19.1. The molecule has 1 aromatic rings. The fourth-order valence-corrected chi connectivity index (χ4v) is 1.68. The molecule has 0 saturated carbocycles. The normalized spacial score (nSPS) is 11.5. The molecule has 1 aromatic carbocycles. The third-order valence-corrected chi connectivity index (χ3v) is 2.78. The van der Waals surface area contributed by atoms with Gasteiger partial charge in [-0.25, -0.2) is 8.78 Å². The van der Waals surface area contributed by atoms with E-state index in [1.807, 2.05) is 0 Å². The SMILES string of the molecule is CCCCNC(=NC)NCCc1c(F)cccc1F. The largest absolute Gasteiger partial charge is 0.356 e. The van der Waals surface area contributed by atoms with Crippen molar-refractivity contribution in [2.24, 2.45) is 4.99 Å². The maximum atomic E-state index is 13.4. The number of nitrogens with one attached hydrogen (secondary N) is 2. The molecule has 0 radical (unpaired) electrons. The summed E-state index contributed by atoms with van der Waals surface area (Å²) in [6.07, 6.45) is 2.44. The summed E-state index contributed by atoms with van der Waals surface area (Å²) in [5.74, 6) is -0.350. The van der Waals surface area contributed by atoms with Gasteiger partial charge in [0.2, 0.25) is 0 Å². The van der Waals surface area contributed by atoms with Crippen LogP contribution in [0.4, 0.5) is 8.78 Å². The second-order valence-corrected chi connectivity index (χ2v) is 4.23. The van der Waals surface area contributed by atoms with E-state index in [1.54, 1.807) is 7.05 Å². The summed E-state index contributed by atoms with van der Waals surface area (Å²) >= 11 is 0. The average Bonchev–Trinajstić information content (AvgIpc) is 2.40. The number of unbranched alkanes of at least 4 members (excludes halogenated alkanes) is 1. The zero-order valence-electron chi connectivity index (χ0n) is 11.5. The van der Waals surface area contributed by atoms with Crippen LogP contribution in [0.3, 0.4) is 0 Å². The molecule has 3 nitrogen and oxygen atoms in total. The summed E-state index contributed by atoms with van der Waals surface area (Å²) in [7, 11) is 1.67. The minimum Gasteiger partial charge on any atom is -0.356 e. The van der Waals surface area contributed by atoms with Gasteiger partial charge in [0.1, 0.15) is 11.6 Å². The number of guanidine groups is 1. The van der Waals surface area contributed by atoms with Gasteiger partial charge in [-0.3, -0.25) is 4.99 Å². The van der Waals surface area contributed by atoms with E-state index >= 15 is 0 Å². The number of aliphatic imine (C=N–C) groups is 1. The van der Waals surface area contributed by atoms with Crippen molar-refractivity contribution in [3.05, 3.63) is 35.4 Å². The number of hydrogen-bond donors (Lipinski definition) is 2. The number of nitrogens with zero attached hydrogens (tertiary/aromatic N) is 1. The Labute approximate surface area is 113 Å². The second kappa shape index (κ2) is 8.45. The highest BCUT2D eigenvalue weighted by Gasteiger charge is 2.07. The first-order valence-corrected chi connectivity index (χ1v) is 6.56. The Bertz CT molecular complexity index is 399. The number of halogens is 2. The lowest BCUT2D eigenvalue weighted by molar-refractivity contribution is 0.553. The number of rotatable bonds is 6. The van der Waals surface area contributed by atoms with Crippen molar-refractivity contribution in [1.29, 1.82) is 0 Å². The third-order valence-electron chi connectivity index (χ3n) is 2.78. The van der Waals surface area contributed by atoms with Gasteiger partial charge >= 0.3 is 0 Å². The molecule has 0 aliphatic carbocycles. The van der Waals surface area contributed by atoms with Gasteiger partial charge in [0, 0.05) is 25.7 Å². The summed E-state index contributed by atoms with van der Waals surface area (Å²) < 4.78 is 26.8. The Balaban J connectivity index is 2.40. The Morgan fingerprint density at radius 1 is 1.16 bits per heavy atom. The smallest absolute Gasteiger partial charge is 0.190 e. The van der Waals surface area contributed by atoms with E-state index in [2.05, 4.69) is 22.5 Å². The van der Waals surface area contributed by atoms with Crippen molar-refractivity contribution in [1.82, 2.24) is 10.6 Å². The summed E-state index contributed by atoms with van der Waals surface area (Å²) in [5.41, 5.74) is 0.110. The van der Waals surface area contributed by atoms with Crippen LogP contribution in [0.25, 0.3) is 0 Å². The molecule has 0 aromatic heterocycles. The molecule has 0 fully saturated rings. The zero-order valence-corrected chi connectivity index (χ0v) is 11.5. The molecule has 2 N–H and O–H groups in total. The molecular weight excluding hydrogens is 248 g/mol. The van der Waals surface area contributed by atoms with Gasteiger partial charge in [-0.05, 0) is 25.0 Å². The first-order chi connectivity index (χ1) is 9.19. The lowest BCUT2D eigenvalue weighted by atomic mass is 10.1. The summed E-state index contributed by atoms with van der Waals surface area (Å²) in [5, 5.41) is 6.17. The molecule has 0 aliphatic heterocycles. The van der Waals surface area contributed by atoms with Crippen LogP contribution in [0, 0.1) is 11.6 Å². The Morgan fingerprint density at radius 3 is 2.37 bits per heavy atom. The number of benzene rings is 1.